The second-order valence-electron chi connectivity index (χ2n) is 8.66. The van der Waals surface area contributed by atoms with Crippen molar-refractivity contribution in [3.8, 4) is 23.0 Å². The van der Waals surface area contributed by atoms with Gasteiger partial charge >= 0.3 is 0 Å². The molecule has 0 spiro atoms. The molecule has 0 radical (unpaired) electrons. The van der Waals surface area contributed by atoms with Crippen molar-refractivity contribution in [1.29, 1.82) is 0 Å². The van der Waals surface area contributed by atoms with Crippen LogP contribution in [0.4, 0.5) is 5.69 Å². The van der Waals surface area contributed by atoms with Crippen LogP contribution in [-0.4, -0.2) is 63.6 Å². The van der Waals surface area contributed by atoms with Crippen molar-refractivity contribution in [1.82, 2.24) is 4.90 Å². The number of benzene rings is 3. The van der Waals surface area contributed by atoms with Gasteiger partial charge in [-0.25, -0.2) is 4.90 Å². The largest absolute Gasteiger partial charge is 0.497 e. The van der Waals surface area contributed by atoms with Crippen molar-refractivity contribution < 1.29 is 33.3 Å². The molecule has 1 heterocycles. The fourth-order valence-electron chi connectivity index (χ4n) is 4.47. The van der Waals surface area contributed by atoms with Gasteiger partial charge in [-0.05, 0) is 66.6 Å². The summed E-state index contributed by atoms with van der Waals surface area (Å²) in [5.41, 5.74) is 1.67. The second-order valence-corrected chi connectivity index (χ2v) is 8.66. The molecule has 3 amide bonds. The Bertz CT molecular complexity index is 1320. The molecule has 1 saturated heterocycles. The van der Waals surface area contributed by atoms with E-state index in [-0.39, 0.29) is 24.8 Å². The van der Waals surface area contributed by atoms with Crippen LogP contribution in [0, 0.1) is 0 Å². The van der Waals surface area contributed by atoms with Gasteiger partial charge in [0.1, 0.15) is 17.5 Å². The number of rotatable bonds is 10. The molecule has 1 unspecified atom stereocenters. The highest BCUT2D eigenvalue weighted by Gasteiger charge is 2.44. The van der Waals surface area contributed by atoms with E-state index in [0.717, 1.165) is 10.5 Å². The van der Waals surface area contributed by atoms with E-state index in [9.17, 15) is 14.4 Å². The van der Waals surface area contributed by atoms with E-state index in [2.05, 4.69) is 0 Å². The molecule has 0 N–H and O–H groups in total. The third kappa shape index (κ3) is 5.41. The lowest BCUT2D eigenvalue weighted by Crippen LogP contribution is -2.46. The average molecular weight is 519 g/mol. The van der Waals surface area contributed by atoms with Gasteiger partial charge in [-0.15, -0.1) is 0 Å². The van der Waals surface area contributed by atoms with E-state index in [0.29, 0.717) is 40.7 Å². The van der Waals surface area contributed by atoms with Gasteiger partial charge in [0.15, 0.2) is 11.5 Å². The first kappa shape index (κ1) is 26.5. The summed E-state index contributed by atoms with van der Waals surface area (Å²) in [5, 5.41) is 0. The van der Waals surface area contributed by atoms with Crippen LogP contribution in [0.3, 0.4) is 0 Å². The third-order valence-corrected chi connectivity index (χ3v) is 6.50. The summed E-state index contributed by atoms with van der Waals surface area (Å²) in [4.78, 5) is 43.0. The van der Waals surface area contributed by atoms with E-state index in [1.165, 1.54) is 19.1 Å². The fourth-order valence-corrected chi connectivity index (χ4v) is 4.47. The molecule has 0 aromatic heterocycles. The molecule has 0 aliphatic carbocycles. The summed E-state index contributed by atoms with van der Waals surface area (Å²) >= 11 is 0. The van der Waals surface area contributed by atoms with E-state index >= 15 is 0 Å². The molecule has 198 valence electrons. The van der Waals surface area contributed by atoms with Gasteiger partial charge in [0.25, 0.3) is 11.8 Å². The maximum Gasteiger partial charge on any atom is 0.257 e. The van der Waals surface area contributed by atoms with Crippen LogP contribution in [0.2, 0.25) is 0 Å². The van der Waals surface area contributed by atoms with Crippen LogP contribution < -0.4 is 23.8 Å². The zero-order chi connectivity index (χ0) is 27.2. The van der Waals surface area contributed by atoms with Crippen molar-refractivity contribution in [2.45, 2.75) is 18.9 Å². The lowest BCUT2D eigenvalue weighted by Gasteiger charge is -2.28. The van der Waals surface area contributed by atoms with Gasteiger partial charge in [0, 0.05) is 12.1 Å². The van der Waals surface area contributed by atoms with Gasteiger partial charge in [-0.1, -0.05) is 12.1 Å². The molecule has 4 rings (SSSR count). The van der Waals surface area contributed by atoms with Crippen LogP contribution in [0.5, 0.6) is 23.0 Å². The van der Waals surface area contributed by atoms with E-state index in [4.69, 9.17) is 18.9 Å². The molecule has 1 fully saturated rings. The Morgan fingerprint density at radius 3 is 2.21 bits per heavy atom. The van der Waals surface area contributed by atoms with E-state index < -0.39 is 11.9 Å². The minimum Gasteiger partial charge on any atom is -0.497 e. The lowest BCUT2D eigenvalue weighted by atomic mass is 10.1. The number of ether oxygens (including phenoxy) is 4. The third-order valence-electron chi connectivity index (χ3n) is 6.50. The first-order valence-corrected chi connectivity index (χ1v) is 12.1. The van der Waals surface area contributed by atoms with Crippen molar-refractivity contribution >= 4 is 23.4 Å². The average Bonchev–Trinajstić information content (AvgIpc) is 3.25. The van der Waals surface area contributed by atoms with Crippen molar-refractivity contribution in [2.24, 2.45) is 0 Å². The van der Waals surface area contributed by atoms with Gasteiger partial charge in [0.05, 0.1) is 40.5 Å². The van der Waals surface area contributed by atoms with Crippen molar-refractivity contribution in [3.63, 3.8) is 0 Å². The van der Waals surface area contributed by atoms with Crippen molar-refractivity contribution in [3.05, 3.63) is 77.9 Å². The second kappa shape index (κ2) is 11.7. The predicted molar refractivity (Wildman–Crippen MR) is 141 cm³/mol. The minimum atomic E-state index is -0.955. The number of hydrogen-bond acceptors (Lipinski definition) is 7. The number of imide groups is 1. The number of carbonyl (C=O) groups excluding carboxylic acids is 3. The number of carbonyl (C=O) groups is 3. The molecule has 3 aromatic rings. The molecule has 3 aromatic carbocycles. The zero-order valence-electron chi connectivity index (χ0n) is 21.8. The van der Waals surface area contributed by atoms with Gasteiger partial charge in [-0.3, -0.25) is 14.4 Å². The van der Waals surface area contributed by atoms with Gasteiger partial charge < -0.3 is 23.8 Å². The monoisotopic (exact) mass is 518 g/mol. The number of hydrogen-bond donors (Lipinski definition) is 0. The Labute approximate surface area is 221 Å². The SMILES string of the molecule is COc1ccc(N2C(=O)CC(N(CCc3ccc(OC)c(OC)c3)C(=O)c3cccc(OC)c3)C2=O)cc1. The highest BCUT2D eigenvalue weighted by molar-refractivity contribution is 6.23. The fraction of sp³-hybridized carbons (Fsp3) is 0.276. The summed E-state index contributed by atoms with van der Waals surface area (Å²) in [6, 6.07) is 17.9. The molecule has 1 atom stereocenters. The molecule has 9 heteroatoms. The Kier molecular flexibility index (Phi) is 8.15. The van der Waals surface area contributed by atoms with E-state index in [1.807, 2.05) is 12.1 Å². The van der Waals surface area contributed by atoms with Crippen LogP contribution in [-0.2, 0) is 16.0 Å². The predicted octanol–water partition coefficient (Wildman–Crippen LogP) is 3.74. The summed E-state index contributed by atoms with van der Waals surface area (Å²) in [6.07, 6.45) is 0.309. The topological polar surface area (TPSA) is 94.6 Å². The molecule has 38 heavy (non-hydrogen) atoms. The molecule has 9 nitrogen and oxygen atoms in total. The van der Waals surface area contributed by atoms with Gasteiger partial charge in [-0.2, -0.15) is 0 Å². The Morgan fingerprint density at radius 2 is 1.55 bits per heavy atom. The summed E-state index contributed by atoms with van der Waals surface area (Å²) in [5.74, 6) is 1.08. The molecule has 0 bridgehead atoms. The number of amides is 3. The van der Waals surface area contributed by atoms with Crippen LogP contribution >= 0.6 is 0 Å². The maximum absolute atomic E-state index is 13.8. The number of methoxy groups -OCH3 is 4. The van der Waals surface area contributed by atoms with Crippen LogP contribution in [0.15, 0.2) is 66.7 Å². The number of anilines is 1. The normalized spacial score (nSPS) is 14.8. The summed E-state index contributed by atoms with van der Waals surface area (Å²) in [7, 11) is 6.17. The molecule has 1 aliphatic heterocycles. The molecule has 0 saturated carbocycles. The Morgan fingerprint density at radius 1 is 0.842 bits per heavy atom. The smallest absolute Gasteiger partial charge is 0.257 e. The Balaban J connectivity index is 1.64. The molecular weight excluding hydrogens is 488 g/mol. The quantitative estimate of drug-likeness (QED) is 0.378. The summed E-state index contributed by atoms with van der Waals surface area (Å²) < 4.78 is 21.2. The summed E-state index contributed by atoms with van der Waals surface area (Å²) in [6.45, 7) is 0.200. The molecular formula is C29H30N2O7. The van der Waals surface area contributed by atoms with Crippen LogP contribution in [0.1, 0.15) is 22.3 Å². The highest BCUT2D eigenvalue weighted by atomic mass is 16.5. The molecule has 1 aliphatic rings. The number of nitrogens with zero attached hydrogens (tertiary/aromatic N) is 2. The van der Waals surface area contributed by atoms with Crippen LogP contribution in [0.25, 0.3) is 0 Å². The van der Waals surface area contributed by atoms with Gasteiger partial charge in [0.2, 0.25) is 5.91 Å². The standard InChI is InChI=1S/C29H30N2O7/c1-35-22-11-9-21(10-12-22)31-27(32)18-24(29(31)34)30(28(33)20-6-5-7-23(17-20)36-2)15-14-19-8-13-25(37-3)26(16-19)38-4/h5-13,16-17,24H,14-15,18H2,1-4H3. The first-order chi connectivity index (χ1) is 18.4. The van der Waals surface area contributed by atoms with E-state index in [1.54, 1.807) is 68.8 Å². The highest BCUT2D eigenvalue weighted by Crippen LogP contribution is 2.30. The first-order valence-electron chi connectivity index (χ1n) is 12.1. The lowest BCUT2D eigenvalue weighted by molar-refractivity contribution is -0.122. The Hall–Kier alpha value is -4.53. The minimum absolute atomic E-state index is 0.119. The van der Waals surface area contributed by atoms with Crippen molar-refractivity contribution in [2.75, 3.05) is 39.9 Å². The maximum atomic E-state index is 13.8. The zero-order valence-corrected chi connectivity index (χ0v) is 21.8.